The van der Waals surface area contributed by atoms with Gasteiger partial charge in [0.1, 0.15) is 0 Å². The highest BCUT2D eigenvalue weighted by Gasteiger charge is 2.28. The van der Waals surface area contributed by atoms with Crippen LogP contribution in [0.4, 0.5) is 0 Å². The van der Waals surface area contributed by atoms with Gasteiger partial charge in [0.25, 0.3) is 10.0 Å². The molecule has 1 heterocycles. The highest BCUT2D eigenvalue weighted by Crippen LogP contribution is 2.35. The molecule has 1 aliphatic rings. The number of pyridine rings is 1. The quantitative estimate of drug-likeness (QED) is 0.862. The summed E-state index contributed by atoms with van der Waals surface area (Å²) in [6.45, 7) is 0. The van der Waals surface area contributed by atoms with E-state index in [0.29, 0.717) is 0 Å². The molecule has 0 spiro atoms. The van der Waals surface area contributed by atoms with Gasteiger partial charge in [0.15, 0.2) is 5.75 Å². The van der Waals surface area contributed by atoms with E-state index in [1.807, 2.05) is 0 Å². The van der Waals surface area contributed by atoms with Crippen LogP contribution in [-0.2, 0) is 10.0 Å². The predicted octanol–water partition coefficient (Wildman–Crippen LogP) is 0.924. The molecule has 1 aromatic rings. The van der Waals surface area contributed by atoms with Crippen LogP contribution in [0.5, 0.6) is 5.75 Å². The SMILES string of the molecule is NS(=O)(=O)c1nccc(Cl)c1OC1CC1. The molecule has 7 heteroatoms. The molecule has 1 aliphatic carbocycles. The number of hydrogen-bond donors (Lipinski definition) is 1. The molecule has 0 bridgehead atoms. The third-order valence-electron chi connectivity index (χ3n) is 1.90. The minimum atomic E-state index is -3.89. The van der Waals surface area contributed by atoms with E-state index < -0.39 is 10.0 Å². The second-order valence-electron chi connectivity index (χ2n) is 3.29. The Morgan fingerprint density at radius 3 is 2.73 bits per heavy atom. The first-order chi connectivity index (χ1) is 6.98. The zero-order chi connectivity index (χ0) is 11.1. The molecule has 2 rings (SSSR count). The van der Waals surface area contributed by atoms with Gasteiger partial charge in [-0.2, -0.15) is 0 Å². The number of primary sulfonamides is 1. The van der Waals surface area contributed by atoms with Crippen molar-refractivity contribution in [2.24, 2.45) is 5.14 Å². The monoisotopic (exact) mass is 248 g/mol. The molecule has 0 radical (unpaired) electrons. The van der Waals surface area contributed by atoms with E-state index in [4.69, 9.17) is 21.5 Å². The molecule has 0 aromatic carbocycles. The maximum absolute atomic E-state index is 11.2. The third kappa shape index (κ3) is 2.39. The van der Waals surface area contributed by atoms with E-state index in [0.717, 1.165) is 12.8 Å². The number of nitrogens with zero attached hydrogens (tertiary/aromatic N) is 1. The number of hydrogen-bond acceptors (Lipinski definition) is 4. The number of sulfonamides is 1. The first kappa shape index (κ1) is 10.7. The van der Waals surface area contributed by atoms with Crippen molar-refractivity contribution in [1.29, 1.82) is 0 Å². The number of nitrogens with two attached hydrogens (primary N) is 1. The molecule has 0 amide bonds. The summed E-state index contributed by atoms with van der Waals surface area (Å²) < 4.78 is 27.7. The molecule has 15 heavy (non-hydrogen) atoms. The Hall–Kier alpha value is -0.850. The van der Waals surface area contributed by atoms with Crippen molar-refractivity contribution in [3.63, 3.8) is 0 Å². The van der Waals surface area contributed by atoms with Crippen LogP contribution >= 0.6 is 11.6 Å². The molecular formula is C8H9ClN2O3S. The Morgan fingerprint density at radius 2 is 2.20 bits per heavy atom. The Bertz CT molecular complexity index is 485. The van der Waals surface area contributed by atoms with E-state index >= 15 is 0 Å². The van der Waals surface area contributed by atoms with Crippen molar-refractivity contribution >= 4 is 21.6 Å². The van der Waals surface area contributed by atoms with Gasteiger partial charge in [-0.05, 0) is 18.9 Å². The Morgan fingerprint density at radius 1 is 1.53 bits per heavy atom. The van der Waals surface area contributed by atoms with Crippen LogP contribution in [0, 0.1) is 0 Å². The fourth-order valence-corrected chi connectivity index (χ4v) is 1.94. The summed E-state index contributed by atoms with van der Waals surface area (Å²) in [5.41, 5.74) is 0. The van der Waals surface area contributed by atoms with Crippen LogP contribution in [0.1, 0.15) is 12.8 Å². The maximum atomic E-state index is 11.2. The molecule has 0 aliphatic heterocycles. The number of aromatic nitrogens is 1. The second kappa shape index (κ2) is 3.62. The zero-order valence-electron chi connectivity index (χ0n) is 7.68. The topological polar surface area (TPSA) is 82.3 Å². The van der Waals surface area contributed by atoms with Gasteiger partial charge in [-0.15, -0.1) is 0 Å². The van der Waals surface area contributed by atoms with Crippen LogP contribution in [0.3, 0.4) is 0 Å². The highest BCUT2D eigenvalue weighted by atomic mass is 35.5. The summed E-state index contributed by atoms with van der Waals surface area (Å²) in [5, 5.41) is 4.90. The summed E-state index contributed by atoms with van der Waals surface area (Å²) in [5.74, 6) is 0.0594. The van der Waals surface area contributed by atoms with Crippen LogP contribution in [-0.4, -0.2) is 19.5 Å². The molecule has 1 fully saturated rings. The normalized spacial score (nSPS) is 16.4. The summed E-state index contributed by atoms with van der Waals surface area (Å²) in [6, 6.07) is 1.47. The smallest absolute Gasteiger partial charge is 0.259 e. The molecule has 1 aromatic heterocycles. The Kier molecular flexibility index (Phi) is 2.57. The van der Waals surface area contributed by atoms with Gasteiger partial charge in [-0.3, -0.25) is 0 Å². The summed E-state index contributed by atoms with van der Waals surface area (Å²) >= 11 is 5.82. The fraction of sp³-hybridized carbons (Fsp3) is 0.375. The predicted molar refractivity (Wildman–Crippen MR) is 54.3 cm³/mol. The lowest BCUT2D eigenvalue weighted by atomic mass is 10.4. The van der Waals surface area contributed by atoms with Crippen molar-refractivity contribution in [2.75, 3.05) is 0 Å². The lowest BCUT2D eigenvalue weighted by Gasteiger charge is -2.09. The van der Waals surface area contributed by atoms with Crippen molar-refractivity contribution in [1.82, 2.24) is 4.98 Å². The molecule has 0 unspecified atom stereocenters. The standard InChI is InChI=1S/C8H9ClN2O3S/c9-6-3-4-11-8(15(10,12)13)7(6)14-5-1-2-5/h3-5H,1-2H2,(H2,10,12,13). The first-order valence-corrected chi connectivity index (χ1v) is 6.25. The van der Waals surface area contributed by atoms with Gasteiger partial charge in [0.05, 0.1) is 11.1 Å². The minimum absolute atomic E-state index is 0.0344. The Balaban J connectivity index is 2.47. The van der Waals surface area contributed by atoms with Gasteiger partial charge in [-0.1, -0.05) is 11.6 Å². The summed E-state index contributed by atoms with van der Waals surface area (Å²) in [7, 11) is -3.89. The molecular weight excluding hydrogens is 240 g/mol. The van der Waals surface area contributed by atoms with Crippen LogP contribution in [0.25, 0.3) is 0 Å². The molecule has 0 atom stereocenters. The lowest BCUT2D eigenvalue weighted by Crippen LogP contribution is -2.16. The van der Waals surface area contributed by atoms with Crippen molar-refractivity contribution < 1.29 is 13.2 Å². The van der Waals surface area contributed by atoms with E-state index in [9.17, 15) is 8.42 Å². The van der Waals surface area contributed by atoms with Gasteiger partial charge >= 0.3 is 0 Å². The van der Waals surface area contributed by atoms with Crippen LogP contribution in [0.2, 0.25) is 5.02 Å². The summed E-state index contributed by atoms with van der Waals surface area (Å²) in [6.07, 6.45) is 3.11. The maximum Gasteiger partial charge on any atom is 0.259 e. The molecule has 1 saturated carbocycles. The highest BCUT2D eigenvalue weighted by molar-refractivity contribution is 7.89. The second-order valence-corrected chi connectivity index (χ2v) is 5.17. The fourth-order valence-electron chi connectivity index (χ4n) is 1.07. The molecule has 5 nitrogen and oxygen atoms in total. The zero-order valence-corrected chi connectivity index (χ0v) is 9.25. The molecule has 0 saturated heterocycles. The van der Waals surface area contributed by atoms with E-state index in [-0.39, 0.29) is 21.9 Å². The first-order valence-electron chi connectivity index (χ1n) is 4.32. The molecule has 82 valence electrons. The summed E-state index contributed by atoms with van der Waals surface area (Å²) in [4.78, 5) is 3.67. The van der Waals surface area contributed by atoms with Gasteiger partial charge in [0, 0.05) is 6.20 Å². The third-order valence-corrected chi connectivity index (χ3v) is 3.03. The van der Waals surface area contributed by atoms with E-state index in [1.54, 1.807) is 0 Å². The largest absolute Gasteiger partial charge is 0.486 e. The average molecular weight is 249 g/mol. The molecule has 2 N–H and O–H groups in total. The van der Waals surface area contributed by atoms with Crippen molar-refractivity contribution in [3.05, 3.63) is 17.3 Å². The van der Waals surface area contributed by atoms with E-state index in [1.165, 1.54) is 12.3 Å². The van der Waals surface area contributed by atoms with Gasteiger partial charge < -0.3 is 4.74 Å². The van der Waals surface area contributed by atoms with Gasteiger partial charge in [-0.25, -0.2) is 18.5 Å². The van der Waals surface area contributed by atoms with Gasteiger partial charge in [0.2, 0.25) is 5.03 Å². The van der Waals surface area contributed by atoms with Crippen LogP contribution in [0.15, 0.2) is 17.3 Å². The van der Waals surface area contributed by atoms with E-state index in [2.05, 4.69) is 4.98 Å². The van der Waals surface area contributed by atoms with Crippen molar-refractivity contribution in [3.8, 4) is 5.75 Å². The number of rotatable bonds is 3. The number of ether oxygens (including phenoxy) is 1. The Labute approximate surface area is 92.3 Å². The lowest BCUT2D eigenvalue weighted by molar-refractivity contribution is 0.292. The van der Waals surface area contributed by atoms with Crippen molar-refractivity contribution in [2.45, 2.75) is 24.0 Å². The van der Waals surface area contributed by atoms with Crippen LogP contribution < -0.4 is 9.88 Å². The minimum Gasteiger partial charge on any atom is -0.486 e. The number of halogens is 1. The average Bonchev–Trinajstić information content (AvgIpc) is 2.90.